The molecule has 0 aliphatic heterocycles. The fourth-order valence-corrected chi connectivity index (χ4v) is 1.44. The van der Waals surface area contributed by atoms with Crippen molar-refractivity contribution in [2.24, 2.45) is 0 Å². The first kappa shape index (κ1) is 15.7. The van der Waals surface area contributed by atoms with Gasteiger partial charge in [0.05, 0.1) is 0 Å². The van der Waals surface area contributed by atoms with Crippen molar-refractivity contribution in [2.75, 3.05) is 26.2 Å². The molecule has 0 aromatic carbocycles. The summed E-state index contributed by atoms with van der Waals surface area (Å²) in [7, 11) is 0. The Morgan fingerprint density at radius 3 is 2.38 bits per heavy atom. The summed E-state index contributed by atoms with van der Waals surface area (Å²) in [5.74, 6) is 0. The minimum atomic E-state index is -0.262. The van der Waals surface area contributed by atoms with Crippen LogP contribution in [-0.4, -0.2) is 37.5 Å². The zero-order chi connectivity index (χ0) is 12.2. The molecule has 0 heterocycles. The van der Waals surface area contributed by atoms with E-state index in [1.54, 1.807) is 0 Å². The van der Waals surface area contributed by atoms with Crippen molar-refractivity contribution >= 4 is 17.9 Å². The molecule has 0 saturated carbocycles. The van der Waals surface area contributed by atoms with Gasteiger partial charge in [0.25, 0.3) is 5.24 Å². The van der Waals surface area contributed by atoms with Crippen molar-refractivity contribution < 1.29 is 4.79 Å². The highest BCUT2D eigenvalue weighted by Crippen LogP contribution is 1.92. The number of hydrogen-bond acceptors (Lipinski definition) is 3. The number of unbranched alkanes of at least 4 members (excludes halogenated alkanes) is 2. The van der Waals surface area contributed by atoms with Gasteiger partial charge in [-0.25, -0.2) is 0 Å². The van der Waals surface area contributed by atoms with Crippen molar-refractivity contribution in [3.05, 3.63) is 0 Å². The van der Waals surface area contributed by atoms with Crippen LogP contribution in [-0.2, 0) is 0 Å². The molecule has 16 heavy (non-hydrogen) atoms. The fourth-order valence-electron chi connectivity index (χ4n) is 1.33. The second-order valence-corrected chi connectivity index (χ2v) is 4.56. The Balaban J connectivity index is 2.96. The molecule has 0 unspecified atom stereocenters. The molecule has 0 atom stereocenters. The van der Waals surface area contributed by atoms with E-state index < -0.39 is 0 Å². The van der Waals surface area contributed by atoms with Crippen LogP contribution < -0.4 is 16.0 Å². The minimum Gasteiger partial charge on any atom is -0.346 e. The second kappa shape index (κ2) is 11.2. The summed E-state index contributed by atoms with van der Waals surface area (Å²) >= 11 is 3.61. The van der Waals surface area contributed by atoms with E-state index in [0.717, 1.165) is 19.6 Å². The number of hydrogen-bond donors (Lipinski definition) is 4. The van der Waals surface area contributed by atoms with Gasteiger partial charge in [-0.2, -0.15) is 0 Å². The quantitative estimate of drug-likeness (QED) is 0.348. The van der Waals surface area contributed by atoms with E-state index in [2.05, 4.69) is 42.4 Å². The largest absolute Gasteiger partial charge is 0.346 e. The van der Waals surface area contributed by atoms with Crippen molar-refractivity contribution in [3.8, 4) is 0 Å². The molecule has 96 valence electrons. The van der Waals surface area contributed by atoms with E-state index in [4.69, 9.17) is 0 Å². The number of amides is 1. The molecule has 5 heteroatoms. The number of nitrogens with one attached hydrogen (secondary N) is 3. The third-order valence-electron chi connectivity index (χ3n) is 2.16. The molecule has 1 amide bonds. The summed E-state index contributed by atoms with van der Waals surface area (Å²) in [6.07, 6.45) is 3.66. The van der Waals surface area contributed by atoms with Crippen LogP contribution in [0.3, 0.4) is 0 Å². The molecule has 0 aromatic rings. The molecule has 0 rings (SSSR count). The molecule has 4 nitrogen and oxygen atoms in total. The molecule has 0 aromatic heterocycles. The van der Waals surface area contributed by atoms with Gasteiger partial charge in [0.2, 0.25) is 0 Å². The van der Waals surface area contributed by atoms with Gasteiger partial charge in [-0.15, -0.1) is 0 Å². The van der Waals surface area contributed by atoms with E-state index in [0.29, 0.717) is 12.6 Å². The lowest BCUT2D eigenvalue weighted by Crippen LogP contribution is -2.29. The highest BCUT2D eigenvalue weighted by atomic mass is 32.1. The predicted octanol–water partition coefficient (Wildman–Crippen LogP) is 1.38. The maximum Gasteiger partial charge on any atom is 0.276 e. The Bertz CT molecular complexity index is 177. The summed E-state index contributed by atoms with van der Waals surface area (Å²) in [4.78, 5) is 10.4. The van der Waals surface area contributed by atoms with Gasteiger partial charge < -0.3 is 16.0 Å². The first-order valence-corrected chi connectivity index (χ1v) is 6.48. The lowest BCUT2D eigenvalue weighted by molar-refractivity contribution is 0.261. The van der Waals surface area contributed by atoms with Crippen LogP contribution in [0, 0.1) is 0 Å². The summed E-state index contributed by atoms with van der Waals surface area (Å²) in [5.41, 5.74) is 0. The predicted molar refractivity (Wildman–Crippen MR) is 72.2 cm³/mol. The molecular formula is C11H25N3OS. The Morgan fingerprint density at radius 2 is 1.75 bits per heavy atom. The standard InChI is InChI=1S/C11H25N3OS/c1-10(2)13-7-5-3-4-6-12-8-9-14-11(15)16/h10,12-13H,3-9H2,1-2H3,(H2,14,15,16). The smallest absolute Gasteiger partial charge is 0.276 e. The van der Waals surface area contributed by atoms with E-state index in [1.807, 2.05) is 0 Å². The monoisotopic (exact) mass is 247 g/mol. The summed E-state index contributed by atoms with van der Waals surface area (Å²) in [5, 5.41) is 9.02. The lowest BCUT2D eigenvalue weighted by Gasteiger charge is -2.08. The summed E-state index contributed by atoms with van der Waals surface area (Å²) in [6, 6.07) is 0.586. The number of rotatable bonds is 10. The Labute approximate surface area is 104 Å². The summed E-state index contributed by atoms with van der Waals surface area (Å²) < 4.78 is 0. The SMILES string of the molecule is CC(C)NCCCCCNCCNC(=O)S. The van der Waals surface area contributed by atoms with E-state index in [9.17, 15) is 4.79 Å². The molecule has 0 saturated heterocycles. The molecule has 3 N–H and O–H groups in total. The van der Waals surface area contributed by atoms with E-state index in [-0.39, 0.29) is 5.24 Å². The zero-order valence-corrected chi connectivity index (χ0v) is 11.3. The van der Waals surface area contributed by atoms with Crippen LogP contribution in [0.25, 0.3) is 0 Å². The Morgan fingerprint density at radius 1 is 1.06 bits per heavy atom. The van der Waals surface area contributed by atoms with Gasteiger partial charge in [-0.05, 0) is 25.9 Å². The zero-order valence-electron chi connectivity index (χ0n) is 10.4. The van der Waals surface area contributed by atoms with Crippen LogP contribution in [0.1, 0.15) is 33.1 Å². The van der Waals surface area contributed by atoms with Gasteiger partial charge in [-0.3, -0.25) is 4.79 Å². The Kier molecular flexibility index (Phi) is 11.0. The molecule has 0 fully saturated rings. The number of carbonyl (C=O) groups excluding carboxylic acids is 1. The molecule has 0 spiro atoms. The highest BCUT2D eigenvalue weighted by molar-refractivity contribution is 7.96. The van der Waals surface area contributed by atoms with Gasteiger partial charge in [0, 0.05) is 19.1 Å². The normalized spacial score (nSPS) is 10.8. The van der Waals surface area contributed by atoms with Crippen molar-refractivity contribution in [3.63, 3.8) is 0 Å². The molecular weight excluding hydrogens is 222 g/mol. The van der Waals surface area contributed by atoms with E-state index in [1.165, 1.54) is 19.3 Å². The number of thiol groups is 1. The third-order valence-corrected chi connectivity index (χ3v) is 2.32. The van der Waals surface area contributed by atoms with Crippen LogP contribution in [0.15, 0.2) is 0 Å². The fraction of sp³-hybridized carbons (Fsp3) is 0.909. The molecule has 0 aliphatic rings. The maximum atomic E-state index is 10.4. The topological polar surface area (TPSA) is 53.2 Å². The van der Waals surface area contributed by atoms with E-state index >= 15 is 0 Å². The van der Waals surface area contributed by atoms with Gasteiger partial charge in [0.15, 0.2) is 0 Å². The first-order chi connectivity index (χ1) is 7.63. The average molecular weight is 247 g/mol. The van der Waals surface area contributed by atoms with Crippen LogP contribution in [0.4, 0.5) is 4.79 Å². The van der Waals surface area contributed by atoms with Crippen LogP contribution >= 0.6 is 12.6 Å². The highest BCUT2D eigenvalue weighted by Gasteiger charge is 1.93. The molecule has 0 bridgehead atoms. The third kappa shape index (κ3) is 13.7. The first-order valence-electron chi connectivity index (χ1n) is 6.04. The Hall–Kier alpha value is -0.260. The summed E-state index contributed by atoms with van der Waals surface area (Å²) in [6.45, 7) is 7.92. The van der Waals surface area contributed by atoms with Crippen molar-refractivity contribution in [1.29, 1.82) is 0 Å². The second-order valence-electron chi connectivity index (χ2n) is 4.15. The van der Waals surface area contributed by atoms with Gasteiger partial charge in [-0.1, -0.05) is 32.9 Å². The van der Waals surface area contributed by atoms with Crippen LogP contribution in [0.2, 0.25) is 0 Å². The number of carbonyl (C=O) groups is 1. The molecule has 0 aliphatic carbocycles. The van der Waals surface area contributed by atoms with Crippen LogP contribution in [0.5, 0.6) is 0 Å². The average Bonchev–Trinajstić information content (AvgIpc) is 2.20. The van der Waals surface area contributed by atoms with Crippen molar-refractivity contribution in [2.45, 2.75) is 39.2 Å². The van der Waals surface area contributed by atoms with Gasteiger partial charge >= 0.3 is 0 Å². The van der Waals surface area contributed by atoms with Crippen molar-refractivity contribution in [1.82, 2.24) is 16.0 Å². The maximum absolute atomic E-state index is 10.4. The lowest BCUT2D eigenvalue weighted by atomic mass is 10.2. The van der Waals surface area contributed by atoms with Gasteiger partial charge in [0.1, 0.15) is 0 Å². The molecule has 0 radical (unpaired) electrons. The minimum absolute atomic E-state index is 0.262.